The number of hydrogen-bond acceptors (Lipinski definition) is 11. The van der Waals surface area contributed by atoms with Gasteiger partial charge in [-0.3, -0.25) is 34.1 Å². The minimum absolute atomic E-state index is 0.0339. The summed E-state index contributed by atoms with van der Waals surface area (Å²) < 4.78 is 1.52. The van der Waals surface area contributed by atoms with Crippen molar-refractivity contribution in [1.82, 2.24) is 44.8 Å². The van der Waals surface area contributed by atoms with Crippen LogP contribution in [0.3, 0.4) is 0 Å². The van der Waals surface area contributed by atoms with Gasteiger partial charge in [-0.25, -0.2) is 9.67 Å². The Bertz CT molecular complexity index is 3050. The Hall–Kier alpha value is -6.30. The monoisotopic (exact) mass is 1110 g/mol. The first-order valence-electron chi connectivity index (χ1n) is 27.5. The normalized spacial score (nSPS) is 25.1. The van der Waals surface area contributed by atoms with Crippen LogP contribution in [0.25, 0.3) is 0 Å². The van der Waals surface area contributed by atoms with Gasteiger partial charge in [0.2, 0.25) is 29.5 Å². The van der Waals surface area contributed by atoms with Crippen LogP contribution in [-0.4, -0.2) is 124 Å². The summed E-state index contributed by atoms with van der Waals surface area (Å²) in [5.74, 6) is -1.24. The van der Waals surface area contributed by atoms with Crippen LogP contribution in [0.4, 0.5) is 0 Å². The molecular formula is C59H68Cl2N10O6S. The SMILES string of the molecule is CC[C@@H]1C=C[C@@H](C(=O)N2CCN(C(=O)CCCCc3ccc(C4CCCN4C(=O)Cn4cc(CC5CCC(=O)NC5=O)nn4)cc3)[C@H](C)C2)N1C(=O)C1=C(C(C)C)N2C(=N[C@@](C)(c3ccc(Cl)cc3)[C@H]2c2ccc(Cl)cc2)S1. The number of amides is 6. The van der Waals surface area contributed by atoms with Crippen LogP contribution < -0.4 is 5.32 Å². The minimum Gasteiger partial charge on any atom is -0.337 e. The molecule has 0 spiro atoms. The van der Waals surface area contributed by atoms with E-state index in [0.717, 1.165) is 59.7 Å². The van der Waals surface area contributed by atoms with Gasteiger partial charge in [-0.1, -0.05) is 110 Å². The molecule has 10 rings (SSSR count). The third kappa shape index (κ3) is 11.2. The van der Waals surface area contributed by atoms with Crippen molar-refractivity contribution in [2.45, 2.75) is 141 Å². The number of fused-ring (bicyclic) bond motifs is 1. The minimum atomic E-state index is -0.781. The zero-order valence-electron chi connectivity index (χ0n) is 44.9. The summed E-state index contributed by atoms with van der Waals surface area (Å²) in [6.45, 7) is 12.2. The number of rotatable bonds is 16. The number of piperazine rings is 1. The van der Waals surface area contributed by atoms with Crippen LogP contribution in [0.15, 0.2) is 107 Å². The third-order valence-electron chi connectivity index (χ3n) is 16.4. The molecule has 78 heavy (non-hydrogen) atoms. The Labute approximate surface area is 470 Å². The van der Waals surface area contributed by atoms with Crippen molar-refractivity contribution in [2.75, 3.05) is 26.2 Å². The Morgan fingerprint density at radius 1 is 0.859 bits per heavy atom. The predicted molar refractivity (Wildman–Crippen MR) is 301 cm³/mol. The van der Waals surface area contributed by atoms with Crippen LogP contribution in [0.1, 0.15) is 126 Å². The van der Waals surface area contributed by atoms with Crippen molar-refractivity contribution < 1.29 is 28.8 Å². The first-order chi connectivity index (χ1) is 37.5. The molecule has 4 aromatic rings. The molecule has 6 aliphatic rings. The number of benzene rings is 3. The van der Waals surface area contributed by atoms with Crippen molar-refractivity contribution in [3.8, 4) is 0 Å². The highest BCUT2D eigenvalue weighted by atomic mass is 35.5. The van der Waals surface area contributed by atoms with Crippen molar-refractivity contribution >= 4 is 75.6 Å². The maximum Gasteiger partial charge on any atom is 0.263 e. The average Bonchev–Trinajstić information content (AvgIpc) is 4.41. The zero-order chi connectivity index (χ0) is 55.0. The van der Waals surface area contributed by atoms with Crippen molar-refractivity contribution in [3.05, 3.63) is 140 Å². The quantitative estimate of drug-likeness (QED) is 0.0649. The molecule has 7 atom stereocenters. The molecule has 3 saturated heterocycles. The second-order valence-electron chi connectivity index (χ2n) is 22.0. The highest BCUT2D eigenvalue weighted by Gasteiger charge is 2.54. The summed E-state index contributed by atoms with van der Waals surface area (Å²) in [5.41, 5.74) is 5.03. The first-order valence-corrected chi connectivity index (χ1v) is 29.1. The lowest BCUT2D eigenvalue weighted by molar-refractivity contribution is -0.147. The maximum atomic E-state index is 15.2. The number of aromatic nitrogens is 3. The van der Waals surface area contributed by atoms with Crippen LogP contribution in [0.5, 0.6) is 0 Å². The van der Waals surface area contributed by atoms with Gasteiger partial charge in [-0.2, -0.15) is 0 Å². The molecule has 0 aliphatic carbocycles. The number of likely N-dealkylation sites (tertiary alicyclic amines) is 1. The van der Waals surface area contributed by atoms with E-state index in [-0.39, 0.29) is 78.0 Å². The largest absolute Gasteiger partial charge is 0.337 e. The molecule has 410 valence electrons. The average molecular weight is 1120 g/mol. The fourth-order valence-electron chi connectivity index (χ4n) is 12.3. The smallest absolute Gasteiger partial charge is 0.263 e. The zero-order valence-corrected chi connectivity index (χ0v) is 47.3. The number of hydrogen-bond donors (Lipinski definition) is 1. The molecule has 2 unspecified atom stereocenters. The molecule has 0 bridgehead atoms. The Balaban J connectivity index is 0.719. The number of carbonyl (C=O) groups excluding carboxylic acids is 6. The molecule has 1 aromatic heterocycles. The Morgan fingerprint density at radius 2 is 1.58 bits per heavy atom. The van der Waals surface area contributed by atoms with Crippen LogP contribution in [0.2, 0.25) is 10.0 Å². The van der Waals surface area contributed by atoms with Gasteiger partial charge in [0.15, 0.2) is 5.17 Å². The van der Waals surface area contributed by atoms with Gasteiger partial charge in [-0.15, -0.1) is 5.10 Å². The number of unbranched alkanes of at least 4 members (excludes halogenated alkanes) is 1. The maximum absolute atomic E-state index is 15.2. The highest BCUT2D eigenvalue weighted by molar-refractivity contribution is 8.18. The molecule has 6 aliphatic heterocycles. The molecule has 19 heteroatoms. The second-order valence-corrected chi connectivity index (χ2v) is 23.9. The standard InChI is InChI=1S/C59H68Cl2N10O6S/c1-6-46-26-27-48(70(46)57(77)53-52(36(2)3)71-54(40-17-22-43(60)23-18-40)59(5,63-58(71)78-53)42-20-24-44(61)25-21-42)56(76)66-30-31-68(37(4)33-66)50(73)12-8-7-10-38-13-15-39(16-14-38)47-11-9-29-69(47)51(74)35-67-34-45(64-65-67)32-41-19-28-49(72)62-55(41)75/h13-18,20-27,34,36-37,41,46-48,54H,6-12,19,28-33,35H2,1-5H3,(H,62,72,75)/t37-,41?,46-,47?,48+,54-,59+/m1/s1. The van der Waals surface area contributed by atoms with Gasteiger partial charge in [0.25, 0.3) is 5.91 Å². The molecule has 0 saturated carbocycles. The summed E-state index contributed by atoms with van der Waals surface area (Å²) in [6.07, 6.45) is 11.9. The number of piperidine rings is 1. The van der Waals surface area contributed by atoms with Gasteiger partial charge >= 0.3 is 0 Å². The van der Waals surface area contributed by atoms with Gasteiger partial charge in [0, 0.05) is 79.3 Å². The van der Waals surface area contributed by atoms with E-state index >= 15 is 4.79 Å². The fourth-order valence-corrected chi connectivity index (χ4v) is 13.9. The summed E-state index contributed by atoms with van der Waals surface area (Å²) in [5, 5.41) is 12.7. The van der Waals surface area contributed by atoms with Crippen molar-refractivity contribution in [2.24, 2.45) is 16.8 Å². The number of amidine groups is 1. The number of allylic oxidation sites excluding steroid dienone is 1. The van der Waals surface area contributed by atoms with E-state index in [4.69, 9.17) is 28.2 Å². The van der Waals surface area contributed by atoms with Crippen LogP contribution >= 0.6 is 35.0 Å². The van der Waals surface area contributed by atoms with Gasteiger partial charge in [-0.05, 0) is 123 Å². The number of nitrogens with zero attached hydrogens (tertiary/aromatic N) is 9. The molecule has 7 heterocycles. The lowest BCUT2D eigenvalue weighted by Gasteiger charge is -2.42. The highest BCUT2D eigenvalue weighted by Crippen LogP contribution is 2.56. The summed E-state index contributed by atoms with van der Waals surface area (Å²) in [4.78, 5) is 96.4. The number of imide groups is 1. The lowest BCUT2D eigenvalue weighted by atomic mass is 9.81. The van der Waals surface area contributed by atoms with E-state index in [2.05, 4.69) is 65.6 Å². The summed E-state index contributed by atoms with van der Waals surface area (Å²) >= 11 is 14.1. The van der Waals surface area contributed by atoms with Gasteiger partial charge < -0.3 is 24.5 Å². The number of halogens is 2. The van der Waals surface area contributed by atoms with E-state index in [1.807, 2.05) is 89.2 Å². The molecule has 0 radical (unpaired) electrons. The van der Waals surface area contributed by atoms with Gasteiger partial charge in [0.05, 0.1) is 23.8 Å². The van der Waals surface area contributed by atoms with E-state index < -0.39 is 11.6 Å². The number of aliphatic imine (C=N–C) groups is 1. The molecule has 3 fully saturated rings. The van der Waals surface area contributed by atoms with Gasteiger partial charge in [0.1, 0.15) is 23.0 Å². The van der Waals surface area contributed by atoms with Crippen molar-refractivity contribution in [3.63, 3.8) is 0 Å². The topological polar surface area (TPSA) is 174 Å². The van der Waals surface area contributed by atoms with E-state index in [1.165, 1.54) is 22.0 Å². The van der Waals surface area contributed by atoms with E-state index in [9.17, 15) is 24.0 Å². The fraction of sp³-hybridized carbons (Fsp3) is 0.475. The first kappa shape index (κ1) is 55.0. The Morgan fingerprint density at radius 3 is 2.27 bits per heavy atom. The number of aryl methyl sites for hydroxylation is 1. The van der Waals surface area contributed by atoms with E-state index in [1.54, 1.807) is 11.1 Å². The van der Waals surface area contributed by atoms with Crippen LogP contribution in [-0.2, 0) is 53.7 Å². The van der Waals surface area contributed by atoms with Crippen molar-refractivity contribution in [1.29, 1.82) is 0 Å². The molecular weight excluding hydrogens is 1050 g/mol. The number of nitrogens with one attached hydrogen (secondary N) is 1. The Kier molecular flexibility index (Phi) is 16.4. The molecule has 3 aromatic carbocycles. The molecule has 6 amide bonds. The second kappa shape index (κ2) is 23.2. The molecule has 1 N–H and O–H groups in total. The van der Waals surface area contributed by atoms with Crippen LogP contribution in [0, 0.1) is 11.8 Å². The number of thioether (sulfide) groups is 1. The molecule has 16 nitrogen and oxygen atoms in total. The predicted octanol–water partition coefficient (Wildman–Crippen LogP) is 8.80. The summed E-state index contributed by atoms with van der Waals surface area (Å²) in [7, 11) is 0. The number of carbonyl (C=O) groups is 6. The lowest BCUT2D eigenvalue weighted by Crippen LogP contribution is -2.59. The third-order valence-corrected chi connectivity index (χ3v) is 18.0. The van der Waals surface area contributed by atoms with E-state index in [0.29, 0.717) is 78.9 Å². The summed E-state index contributed by atoms with van der Waals surface area (Å²) in [6, 6.07) is 22.5.